The molecule has 1 fully saturated rings. The molecule has 3 aromatic rings. The van der Waals surface area contributed by atoms with Crippen LogP contribution in [0.1, 0.15) is 60.4 Å². The molecule has 0 bridgehead atoms. The van der Waals surface area contributed by atoms with E-state index in [1.54, 1.807) is 0 Å². The fraction of sp³-hybridized carbons (Fsp3) is 0.400. The smallest absolute Gasteiger partial charge is 0.416 e. The van der Waals surface area contributed by atoms with E-state index in [0.29, 0.717) is 30.1 Å². The first kappa shape index (κ1) is 30.2. The Balaban J connectivity index is 1.80. The Kier molecular flexibility index (Phi) is 8.84. The standard InChI is InChI=1S/C30H31F6N3O2/c1-4-38(16-20-7-5-6-8-20)27-23(14-22-11-19(2)9-10-26(22)37-27)18-39(28(40)41-3)17-21-12-24(29(31,32)33)15-25(13-21)30(34,35)36/h9-16H,4-8,17-18H2,1-3H3. The summed E-state index contributed by atoms with van der Waals surface area (Å²) in [6.45, 7) is 3.73. The summed E-state index contributed by atoms with van der Waals surface area (Å²) in [6, 6.07) is 8.89. The molecule has 2 aromatic carbocycles. The molecular weight excluding hydrogens is 548 g/mol. The van der Waals surface area contributed by atoms with Gasteiger partial charge in [0.15, 0.2) is 0 Å². The normalized spacial score (nSPS) is 13.9. The zero-order valence-electron chi connectivity index (χ0n) is 23.0. The van der Waals surface area contributed by atoms with E-state index in [-0.39, 0.29) is 18.2 Å². The highest BCUT2D eigenvalue weighted by Gasteiger charge is 2.37. The van der Waals surface area contributed by atoms with E-state index in [2.05, 4.69) is 0 Å². The minimum absolute atomic E-state index is 0.0648. The Hall–Kier alpha value is -3.76. The number of anilines is 1. The van der Waals surface area contributed by atoms with Crippen molar-refractivity contribution in [3.8, 4) is 0 Å². The lowest BCUT2D eigenvalue weighted by molar-refractivity contribution is -0.143. The van der Waals surface area contributed by atoms with Crippen molar-refractivity contribution in [3.05, 3.63) is 82.1 Å². The molecule has 0 radical (unpaired) electrons. The van der Waals surface area contributed by atoms with Crippen LogP contribution in [0.15, 0.2) is 54.2 Å². The number of amides is 1. The molecule has 1 aliphatic carbocycles. The third kappa shape index (κ3) is 7.31. The minimum atomic E-state index is -5.01. The first-order valence-corrected chi connectivity index (χ1v) is 13.3. The molecule has 0 N–H and O–H groups in total. The second kappa shape index (κ2) is 12.0. The van der Waals surface area contributed by atoms with Gasteiger partial charge in [0.1, 0.15) is 5.82 Å². The number of ether oxygens (including phenoxy) is 1. The van der Waals surface area contributed by atoms with Crippen molar-refractivity contribution in [2.45, 2.75) is 65.0 Å². The number of carbonyl (C=O) groups is 1. The van der Waals surface area contributed by atoms with E-state index in [1.807, 2.05) is 49.2 Å². The summed E-state index contributed by atoms with van der Waals surface area (Å²) < 4.78 is 85.8. The van der Waals surface area contributed by atoms with Gasteiger partial charge in [-0.05, 0) is 81.5 Å². The van der Waals surface area contributed by atoms with Crippen LogP contribution in [0, 0.1) is 6.92 Å². The third-order valence-corrected chi connectivity index (χ3v) is 7.04. The summed E-state index contributed by atoms with van der Waals surface area (Å²) in [7, 11) is 1.11. The third-order valence-electron chi connectivity index (χ3n) is 7.04. The molecule has 4 rings (SSSR count). The van der Waals surface area contributed by atoms with Gasteiger partial charge >= 0.3 is 18.4 Å². The number of halogens is 6. The highest BCUT2D eigenvalue weighted by molar-refractivity contribution is 5.83. The van der Waals surface area contributed by atoms with E-state index in [1.165, 1.54) is 5.57 Å². The number of rotatable bonds is 7. The number of alkyl halides is 6. The molecule has 1 saturated carbocycles. The van der Waals surface area contributed by atoms with Crippen molar-refractivity contribution in [2.75, 3.05) is 18.6 Å². The molecule has 220 valence electrons. The predicted molar refractivity (Wildman–Crippen MR) is 144 cm³/mol. The van der Waals surface area contributed by atoms with E-state index < -0.39 is 36.1 Å². The molecule has 0 aliphatic heterocycles. The molecule has 1 amide bonds. The van der Waals surface area contributed by atoms with Crippen molar-refractivity contribution in [1.82, 2.24) is 9.88 Å². The Morgan fingerprint density at radius 2 is 1.59 bits per heavy atom. The summed E-state index contributed by atoms with van der Waals surface area (Å²) in [4.78, 5) is 20.8. The molecule has 0 spiro atoms. The maximum Gasteiger partial charge on any atom is 0.416 e. The molecule has 1 heterocycles. The number of hydrogen-bond acceptors (Lipinski definition) is 4. The molecule has 1 aromatic heterocycles. The van der Waals surface area contributed by atoms with Gasteiger partial charge < -0.3 is 9.64 Å². The van der Waals surface area contributed by atoms with Crippen LogP contribution in [-0.4, -0.2) is 29.6 Å². The van der Waals surface area contributed by atoms with E-state index >= 15 is 0 Å². The number of nitrogens with zero attached hydrogens (tertiary/aromatic N) is 3. The van der Waals surface area contributed by atoms with Gasteiger partial charge in [-0.2, -0.15) is 26.3 Å². The number of aryl methyl sites for hydroxylation is 1. The average molecular weight is 580 g/mol. The fourth-order valence-corrected chi connectivity index (χ4v) is 5.03. The van der Waals surface area contributed by atoms with E-state index in [9.17, 15) is 31.1 Å². The monoisotopic (exact) mass is 579 g/mol. The van der Waals surface area contributed by atoms with Gasteiger partial charge in [-0.15, -0.1) is 0 Å². The highest BCUT2D eigenvalue weighted by atomic mass is 19.4. The molecule has 11 heteroatoms. The minimum Gasteiger partial charge on any atom is -0.453 e. The number of benzene rings is 2. The molecule has 0 atom stereocenters. The Morgan fingerprint density at radius 1 is 0.951 bits per heavy atom. The Bertz CT molecular complexity index is 1410. The van der Waals surface area contributed by atoms with Crippen LogP contribution in [0.4, 0.5) is 37.0 Å². The summed E-state index contributed by atoms with van der Waals surface area (Å²) in [6.07, 6.45) is -4.76. The average Bonchev–Trinajstić information content (AvgIpc) is 3.42. The first-order chi connectivity index (χ1) is 19.3. The quantitative estimate of drug-likeness (QED) is 0.263. The van der Waals surface area contributed by atoms with Crippen LogP contribution >= 0.6 is 0 Å². The van der Waals surface area contributed by atoms with E-state index in [4.69, 9.17) is 9.72 Å². The molecule has 5 nitrogen and oxygen atoms in total. The zero-order valence-corrected chi connectivity index (χ0v) is 23.0. The van der Waals surface area contributed by atoms with Gasteiger partial charge in [0.25, 0.3) is 0 Å². The van der Waals surface area contributed by atoms with Crippen molar-refractivity contribution < 1.29 is 35.9 Å². The second-order valence-electron chi connectivity index (χ2n) is 10.2. The van der Waals surface area contributed by atoms with Gasteiger partial charge in [0, 0.05) is 30.2 Å². The highest BCUT2D eigenvalue weighted by Crippen LogP contribution is 2.37. The molecule has 0 saturated heterocycles. The van der Waals surface area contributed by atoms with Gasteiger partial charge in [0.2, 0.25) is 0 Å². The van der Waals surface area contributed by atoms with Crippen LogP contribution in [0.3, 0.4) is 0 Å². The van der Waals surface area contributed by atoms with Gasteiger partial charge in [-0.25, -0.2) is 9.78 Å². The van der Waals surface area contributed by atoms with Crippen LogP contribution in [0.2, 0.25) is 0 Å². The second-order valence-corrected chi connectivity index (χ2v) is 10.2. The van der Waals surface area contributed by atoms with Gasteiger partial charge in [-0.3, -0.25) is 4.90 Å². The zero-order chi connectivity index (χ0) is 29.9. The Labute approximate surface area is 234 Å². The largest absolute Gasteiger partial charge is 0.453 e. The maximum absolute atomic E-state index is 13.5. The number of carbonyl (C=O) groups excluding carboxylic acids is 1. The summed E-state index contributed by atoms with van der Waals surface area (Å²) in [5.74, 6) is 0.553. The molecular formula is C30H31F6N3O2. The first-order valence-electron chi connectivity index (χ1n) is 13.3. The SMILES string of the molecule is CCN(C=C1CCCC1)c1nc2ccc(C)cc2cc1CN(Cc1cc(C(F)(F)F)cc(C(F)(F)F)c1)C(=O)OC. The lowest BCUT2D eigenvalue weighted by Gasteiger charge is -2.27. The van der Waals surface area contributed by atoms with Crippen LogP contribution in [0.25, 0.3) is 10.9 Å². The number of pyridine rings is 1. The number of fused-ring (bicyclic) bond motifs is 1. The number of allylic oxidation sites excluding steroid dienone is 1. The molecule has 1 aliphatic rings. The fourth-order valence-electron chi connectivity index (χ4n) is 5.03. The van der Waals surface area contributed by atoms with Gasteiger partial charge in [-0.1, -0.05) is 17.2 Å². The number of hydrogen-bond donors (Lipinski definition) is 0. The summed E-state index contributed by atoms with van der Waals surface area (Å²) in [5.41, 5.74) is 0.309. The summed E-state index contributed by atoms with van der Waals surface area (Å²) in [5, 5.41) is 0.788. The Morgan fingerprint density at radius 3 is 2.15 bits per heavy atom. The van der Waals surface area contributed by atoms with Crippen molar-refractivity contribution in [2.24, 2.45) is 0 Å². The van der Waals surface area contributed by atoms with Crippen molar-refractivity contribution in [3.63, 3.8) is 0 Å². The number of methoxy groups -OCH3 is 1. The lowest BCUT2D eigenvalue weighted by Crippen LogP contribution is -2.31. The van der Waals surface area contributed by atoms with Crippen LogP contribution in [0.5, 0.6) is 0 Å². The summed E-state index contributed by atoms with van der Waals surface area (Å²) >= 11 is 0. The van der Waals surface area contributed by atoms with Gasteiger partial charge in [0.05, 0.1) is 30.3 Å². The lowest BCUT2D eigenvalue weighted by atomic mass is 10.0. The number of aromatic nitrogens is 1. The predicted octanol–water partition coefficient (Wildman–Crippen LogP) is 8.63. The van der Waals surface area contributed by atoms with Crippen LogP contribution < -0.4 is 4.90 Å². The van der Waals surface area contributed by atoms with Crippen molar-refractivity contribution >= 4 is 22.8 Å². The van der Waals surface area contributed by atoms with Crippen LogP contribution in [-0.2, 0) is 30.2 Å². The topological polar surface area (TPSA) is 45.7 Å². The molecule has 41 heavy (non-hydrogen) atoms. The van der Waals surface area contributed by atoms with E-state index in [0.717, 1.165) is 54.2 Å². The molecule has 0 unspecified atom stereocenters. The van der Waals surface area contributed by atoms with Crippen molar-refractivity contribution in [1.29, 1.82) is 0 Å². The maximum atomic E-state index is 13.5.